The fourth-order valence-corrected chi connectivity index (χ4v) is 4.13. The number of pyridine rings is 1. The standard InChI is InChI=1S/C21H24N2O3S/c1-21(2,3)17-9-11-20(12-10-17)27(24,25)23(16-19-8-6-14-26-19)15-18-7-4-5-13-22-18/h4-14H,15-16H2,1-3H3. The van der Waals surface area contributed by atoms with Crippen molar-refractivity contribution in [3.8, 4) is 0 Å². The fourth-order valence-electron chi connectivity index (χ4n) is 2.75. The predicted octanol–water partition coefficient (Wildman–Crippen LogP) is 4.36. The van der Waals surface area contributed by atoms with Gasteiger partial charge in [0.2, 0.25) is 10.0 Å². The molecule has 2 heterocycles. The van der Waals surface area contributed by atoms with E-state index >= 15 is 0 Å². The zero-order valence-electron chi connectivity index (χ0n) is 15.8. The van der Waals surface area contributed by atoms with Crippen molar-refractivity contribution in [3.05, 3.63) is 84.1 Å². The zero-order chi connectivity index (χ0) is 19.5. The van der Waals surface area contributed by atoms with Gasteiger partial charge in [-0.25, -0.2) is 8.42 Å². The summed E-state index contributed by atoms with van der Waals surface area (Å²) in [4.78, 5) is 4.53. The Labute approximate surface area is 160 Å². The molecule has 3 rings (SSSR count). The van der Waals surface area contributed by atoms with Crippen LogP contribution in [0.2, 0.25) is 0 Å². The highest BCUT2D eigenvalue weighted by atomic mass is 32.2. The lowest BCUT2D eigenvalue weighted by molar-refractivity contribution is 0.355. The summed E-state index contributed by atoms with van der Waals surface area (Å²) in [5, 5.41) is 0. The van der Waals surface area contributed by atoms with Crippen LogP contribution in [-0.2, 0) is 28.5 Å². The first kappa shape index (κ1) is 19.3. The Kier molecular flexibility index (Phi) is 5.48. The third kappa shape index (κ3) is 4.64. The lowest BCUT2D eigenvalue weighted by atomic mass is 9.87. The summed E-state index contributed by atoms with van der Waals surface area (Å²) < 4.78 is 33.3. The van der Waals surface area contributed by atoms with Crippen molar-refractivity contribution in [2.24, 2.45) is 0 Å². The van der Waals surface area contributed by atoms with Crippen molar-refractivity contribution in [2.45, 2.75) is 44.2 Å². The van der Waals surface area contributed by atoms with Crippen LogP contribution in [-0.4, -0.2) is 17.7 Å². The van der Waals surface area contributed by atoms with Crippen LogP contribution in [0.5, 0.6) is 0 Å². The minimum Gasteiger partial charge on any atom is -0.468 e. The van der Waals surface area contributed by atoms with Crippen molar-refractivity contribution >= 4 is 10.0 Å². The molecule has 0 aliphatic carbocycles. The number of rotatable bonds is 6. The van der Waals surface area contributed by atoms with Crippen molar-refractivity contribution in [3.63, 3.8) is 0 Å². The first-order valence-corrected chi connectivity index (χ1v) is 10.2. The summed E-state index contributed by atoms with van der Waals surface area (Å²) in [6.45, 7) is 6.61. The molecule has 0 saturated carbocycles. The van der Waals surface area contributed by atoms with Gasteiger partial charge in [-0.2, -0.15) is 4.31 Å². The number of aromatic nitrogens is 1. The summed E-state index contributed by atoms with van der Waals surface area (Å²) in [7, 11) is -3.70. The van der Waals surface area contributed by atoms with Gasteiger partial charge < -0.3 is 4.42 Å². The van der Waals surface area contributed by atoms with Crippen molar-refractivity contribution < 1.29 is 12.8 Å². The molecule has 0 aliphatic heterocycles. The molecule has 0 N–H and O–H groups in total. The lowest BCUT2D eigenvalue weighted by Gasteiger charge is -2.22. The van der Waals surface area contributed by atoms with E-state index in [1.54, 1.807) is 42.8 Å². The molecular formula is C21H24N2O3S. The van der Waals surface area contributed by atoms with E-state index in [2.05, 4.69) is 25.8 Å². The quantitative estimate of drug-likeness (QED) is 0.633. The highest BCUT2D eigenvalue weighted by molar-refractivity contribution is 7.89. The second-order valence-corrected chi connectivity index (χ2v) is 9.39. The molecule has 0 spiro atoms. The largest absolute Gasteiger partial charge is 0.468 e. The highest BCUT2D eigenvalue weighted by Gasteiger charge is 2.27. The van der Waals surface area contributed by atoms with Gasteiger partial charge in [0.1, 0.15) is 5.76 Å². The van der Waals surface area contributed by atoms with Gasteiger partial charge in [0.05, 0.1) is 29.9 Å². The van der Waals surface area contributed by atoms with Crippen LogP contribution in [0.25, 0.3) is 0 Å². The number of sulfonamides is 1. The van der Waals surface area contributed by atoms with Gasteiger partial charge in [-0.15, -0.1) is 0 Å². The zero-order valence-corrected chi connectivity index (χ0v) is 16.6. The van der Waals surface area contributed by atoms with Crippen molar-refractivity contribution in [2.75, 3.05) is 0 Å². The van der Waals surface area contributed by atoms with E-state index in [4.69, 9.17) is 4.42 Å². The van der Waals surface area contributed by atoms with E-state index in [9.17, 15) is 8.42 Å². The lowest BCUT2D eigenvalue weighted by Crippen LogP contribution is -2.30. The molecule has 0 amide bonds. The normalized spacial score (nSPS) is 12.4. The molecule has 142 valence electrons. The average Bonchev–Trinajstić information content (AvgIpc) is 3.14. The summed E-state index contributed by atoms with van der Waals surface area (Å²) in [6.07, 6.45) is 3.20. The Hall–Kier alpha value is -2.44. The van der Waals surface area contributed by atoms with Gasteiger partial charge in [0.25, 0.3) is 0 Å². The molecule has 0 unspecified atom stereocenters. The van der Waals surface area contributed by atoms with Gasteiger partial charge in [-0.3, -0.25) is 4.98 Å². The number of hydrogen-bond donors (Lipinski definition) is 0. The smallest absolute Gasteiger partial charge is 0.243 e. The summed E-state index contributed by atoms with van der Waals surface area (Å²) in [5.41, 5.74) is 1.73. The highest BCUT2D eigenvalue weighted by Crippen LogP contribution is 2.26. The first-order valence-electron chi connectivity index (χ1n) is 8.80. The Morgan fingerprint density at radius 3 is 2.26 bits per heavy atom. The van der Waals surface area contributed by atoms with E-state index in [1.807, 2.05) is 24.3 Å². The van der Waals surface area contributed by atoms with Crippen LogP contribution in [0.1, 0.15) is 37.8 Å². The Bertz CT molecular complexity index is 959. The van der Waals surface area contributed by atoms with Gasteiger partial charge in [-0.1, -0.05) is 39.0 Å². The molecular weight excluding hydrogens is 360 g/mol. The maximum absolute atomic E-state index is 13.3. The van der Waals surface area contributed by atoms with Crippen molar-refractivity contribution in [1.82, 2.24) is 9.29 Å². The molecule has 5 nitrogen and oxygen atoms in total. The van der Waals surface area contributed by atoms with Crippen LogP contribution < -0.4 is 0 Å². The maximum Gasteiger partial charge on any atom is 0.243 e. The van der Waals surface area contributed by atoms with E-state index < -0.39 is 10.0 Å². The van der Waals surface area contributed by atoms with Gasteiger partial charge in [0, 0.05) is 6.20 Å². The number of furan rings is 1. The monoisotopic (exact) mass is 384 g/mol. The Morgan fingerprint density at radius 2 is 1.70 bits per heavy atom. The van der Waals surface area contributed by atoms with Crippen LogP contribution in [0.15, 0.2) is 76.4 Å². The third-order valence-corrected chi connectivity index (χ3v) is 6.14. The Balaban J connectivity index is 1.93. The average molecular weight is 385 g/mol. The SMILES string of the molecule is CC(C)(C)c1ccc(S(=O)(=O)N(Cc2ccccn2)Cc2ccco2)cc1. The van der Waals surface area contributed by atoms with Gasteiger partial charge in [0.15, 0.2) is 0 Å². The van der Waals surface area contributed by atoms with Gasteiger partial charge in [-0.05, 0) is 47.4 Å². The van der Waals surface area contributed by atoms with Crippen LogP contribution >= 0.6 is 0 Å². The summed E-state index contributed by atoms with van der Waals surface area (Å²) in [5.74, 6) is 0.584. The number of nitrogens with zero attached hydrogens (tertiary/aromatic N) is 2. The molecule has 2 aromatic heterocycles. The fraction of sp³-hybridized carbons (Fsp3) is 0.286. The summed E-state index contributed by atoms with van der Waals surface area (Å²) in [6, 6.07) is 16.1. The maximum atomic E-state index is 13.3. The van der Waals surface area contributed by atoms with Crippen LogP contribution in [0.4, 0.5) is 0 Å². The molecule has 0 atom stereocenters. The topological polar surface area (TPSA) is 63.4 Å². The first-order chi connectivity index (χ1) is 12.8. The second kappa shape index (κ2) is 7.66. The number of hydrogen-bond acceptors (Lipinski definition) is 4. The third-order valence-electron chi connectivity index (χ3n) is 4.33. The van der Waals surface area contributed by atoms with E-state index in [0.29, 0.717) is 11.5 Å². The predicted molar refractivity (Wildman–Crippen MR) is 105 cm³/mol. The minimum absolute atomic E-state index is 0.0376. The molecule has 0 saturated heterocycles. The van der Waals surface area contributed by atoms with E-state index in [-0.39, 0.29) is 23.4 Å². The van der Waals surface area contributed by atoms with Crippen LogP contribution in [0.3, 0.4) is 0 Å². The molecule has 0 bridgehead atoms. The van der Waals surface area contributed by atoms with E-state index in [0.717, 1.165) is 5.56 Å². The van der Waals surface area contributed by atoms with E-state index in [1.165, 1.54) is 4.31 Å². The van der Waals surface area contributed by atoms with Gasteiger partial charge >= 0.3 is 0 Å². The molecule has 27 heavy (non-hydrogen) atoms. The second-order valence-electron chi connectivity index (χ2n) is 7.45. The molecule has 0 radical (unpaired) electrons. The van der Waals surface area contributed by atoms with Crippen molar-refractivity contribution in [1.29, 1.82) is 0 Å². The number of benzene rings is 1. The molecule has 1 aromatic carbocycles. The minimum atomic E-state index is -3.70. The molecule has 6 heteroatoms. The Morgan fingerprint density at radius 1 is 0.963 bits per heavy atom. The summed E-state index contributed by atoms with van der Waals surface area (Å²) >= 11 is 0. The molecule has 3 aromatic rings. The molecule has 0 fully saturated rings. The molecule has 0 aliphatic rings. The van der Waals surface area contributed by atoms with Crippen LogP contribution in [0, 0.1) is 0 Å².